The minimum absolute atomic E-state index is 1.40. The van der Waals surface area contributed by atoms with Crippen molar-refractivity contribution in [1.82, 2.24) is 0 Å². The van der Waals surface area contributed by atoms with E-state index in [9.17, 15) is 0 Å². The van der Waals surface area contributed by atoms with Crippen molar-refractivity contribution in [2.45, 2.75) is 21.7 Å². The zero-order chi connectivity index (χ0) is 11.1. The molecule has 0 amide bonds. The molecule has 0 saturated carbocycles. The normalized spacial score (nSPS) is 12.0. The standard InChI is InChI=1S/C9H7S2.3CH3.Sn/c1-7-4-5-9(11-7)8-3-2-6-10-8;;;;/h2-5H,1H3;3*1H3;. The van der Waals surface area contributed by atoms with Crippen LogP contribution in [0.5, 0.6) is 0 Å². The summed E-state index contributed by atoms with van der Waals surface area (Å²) in [6.45, 7) is 2.17. The first-order valence-electron chi connectivity index (χ1n) is 5.14. The first kappa shape index (κ1) is 11.7. The van der Waals surface area contributed by atoms with Gasteiger partial charge in [-0.25, -0.2) is 0 Å². The molecule has 0 unspecified atom stereocenters. The van der Waals surface area contributed by atoms with Crippen LogP contribution in [0.4, 0.5) is 0 Å². The third-order valence-corrected chi connectivity index (χ3v) is 14.1. The van der Waals surface area contributed by atoms with Gasteiger partial charge < -0.3 is 0 Å². The molecular weight excluding hydrogens is 327 g/mol. The van der Waals surface area contributed by atoms with Gasteiger partial charge in [0.25, 0.3) is 0 Å². The number of hydrogen-bond donors (Lipinski definition) is 0. The molecule has 0 aliphatic rings. The van der Waals surface area contributed by atoms with Gasteiger partial charge in [-0.05, 0) is 0 Å². The topological polar surface area (TPSA) is 0 Å². The molecular formula is C12H16S2Sn. The Bertz CT molecular complexity index is 460. The molecule has 0 aliphatic heterocycles. The van der Waals surface area contributed by atoms with Gasteiger partial charge in [-0.1, -0.05) is 0 Å². The van der Waals surface area contributed by atoms with Crippen LogP contribution < -0.4 is 2.89 Å². The Kier molecular flexibility index (Phi) is 3.29. The fourth-order valence-electron chi connectivity index (χ4n) is 1.44. The minimum atomic E-state index is -1.83. The summed E-state index contributed by atoms with van der Waals surface area (Å²) in [7, 11) is 0. The predicted octanol–water partition coefficient (Wildman–Crippen LogP) is 4.33. The van der Waals surface area contributed by atoms with Crippen molar-refractivity contribution in [3.05, 3.63) is 29.1 Å². The molecule has 0 aliphatic carbocycles. The first-order chi connectivity index (χ1) is 6.97. The van der Waals surface area contributed by atoms with Crippen molar-refractivity contribution in [3.8, 4) is 9.75 Å². The third-order valence-electron chi connectivity index (χ3n) is 2.33. The first-order valence-corrected chi connectivity index (χ1v) is 16.8. The zero-order valence-corrected chi connectivity index (χ0v) is 14.1. The molecule has 15 heavy (non-hydrogen) atoms. The van der Waals surface area contributed by atoms with Gasteiger partial charge in [-0.15, -0.1) is 0 Å². The van der Waals surface area contributed by atoms with Gasteiger partial charge >= 0.3 is 105 Å². The summed E-state index contributed by atoms with van der Waals surface area (Å²) in [5.74, 6) is 0. The van der Waals surface area contributed by atoms with Gasteiger partial charge in [0, 0.05) is 0 Å². The van der Waals surface area contributed by atoms with Crippen LogP contribution >= 0.6 is 22.7 Å². The molecule has 2 aromatic heterocycles. The van der Waals surface area contributed by atoms with Gasteiger partial charge in [-0.2, -0.15) is 0 Å². The molecule has 0 spiro atoms. The van der Waals surface area contributed by atoms with Gasteiger partial charge in [-0.3, -0.25) is 0 Å². The summed E-state index contributed by atoms with van der Waals surface area (Å²) >= 11 is 2.08. The van der Waals surface area contributed by atoms with E-state index in [2.05, 4.69) is 46.0 Å². The van der Waals surface area contributed by atoms with E-state index in [0.29, 0.717) is 0 Å². The van der Waals surface area contributed by atoms with Gasteiger partial charge in [0.15, 0.2) is 0 Å². The van der Waals surface area contributed by atoms with E-state index in [1.807, 2.05) is 22.7 Å². The van der Waals surface area contributed by atoms with E-state index in [0.717, 1.165) is 0 Å². The Morgan fingerprint density at radius 1 is 0.867 bits per heavy atom. The molecule has 0 radical (unpaired) electrons. The van der Waals surface area contributed by atoms with Crippen LogP contribution in [-0.4, -0.2) is 18.4 Å². The Hall–Kier alpha value is 0.199. The SMILES string of the molecule is Cc1ccc(-c2cc[c]([Sn]([CH3])([CH3])[CH3])s2)s1. The average molecular weight is 343 g/mol. The van der Waals surface area contributed by atoms with Crippen LogP contribution in [0.1, 0.15) is 4.88 Å². The summed E-state index contributed by atoms with van der Waals surface area (Å²) in [4.78, 5) is 11.7. The van der Waals surface area contributed by atoms with E-state index in [-0.39, 0.29) is 0 Å². The van der Waals surface area contributed by atoms with E-state index in [1.54, 1.807) is 2.89 Å². The average Bonchev–Trinajstić information content (AvgIpc) is 2.69. The maximum atomic E-state index is 2.48. The summed E-state index contributed by atoms with van der Waals surface area (Å²) in [5.41, 5.74) is 0. The molecule has 2 rings (SSSR count). The molecule has 0 nitrogen and oxygen atoms in total. The Morgan fingerprint density at radius 2 is 1.47 bits per heavy atom. The molecule has 0 saturated heterocycles. The molecule has 3 heteroatoms. The van der Waals surface area contributed by atoms with Crippen LogP contribution in [0.3, 0.4) is 0 Å². The van der Waals surface area contributed by atoms with Crippen LogP contribution in [-0.2, 0) is 0 Å². The van der Waals surface area contributed by atoms with Gasteiger partial charge in [0.1, 0.15) is 0 Å². The van der Waals surface area contributed by atoms with E-state index < -0.39 is 18.4 Å². The predicted molar refractivity (Wildman–Crippen MR) is 75.3 cm³/mol. The van der Waals surface area contributed by atoms with Gasteiger partial charge in [0.2, 0.25) is 0 Å². The van der Waals surface area contributed by atoms with Crippen molar-refractivity contribution in [2.75, 3.05) is 0 Å². The number of thiophene rings is 2. The fraction of sp³-hybridized carbons (Fsp3) is 0.333. The van der Waals surface area contributed by atoms with E-state index >= 15 is 0 Å². The van der Waals surface area contributed by atoms with Crippen LogP contribution in [0.25, 0.3) is 9.75 Å². The second-order valence-corrected chi connectivity index (χ2v) is 22.6. The van der Waals surface area contributed by atoms with Crippen LogP contribution in [0, 0.1) is 6.92 Å². The molecule has 0 fully saturated rings. The second kappa shape index (κ2) is 4.22. The molecule has 0 N–H and O–H groups in total. The van der Waals surface area contributed by atoms with Crippen molar-refractivity contribution >= 4 is 43.9 Å². The Balaban J connectivity index is 2.36. The van der Waals surface area contributed by atoms with Crippen molar-refractivity contribution in [3.63, 3.8) is 0 Å². The molecule has 2 aromatic rings. The maximum absolute atomic E-state index is 2.48. The molecule has 2 heterocycles. The summed E-state index contributed by atoms with van der Waals surface area (Å²) < 4.78 is 1.67. The molecule has 0 atom stereocenters. The zero-order valence-electron chi connectivity index (χ0n) is 9.63. The van der Waals surface area contributed by atoms with Crippen molar-refractivity contribution in [1.29, 1.82) is 0 Å². The van der Waals surface area contributed by atoms with E-state index in [4.69, 9.17) is 0 Å². The Labute approximate surface area is 104 Å². The summed E-state index contributed by atoms with van der Waals surface area (Å²) in [6, 6.07) is 9.10. The molecule has 80 valence electrons. The monoisotopic (exact) mass is 344 g/mol. The quantitative estimate of drug-likeness (QED) is 0.712. The number of aryl methyl sites for hydroxylation is 1. The fourth-order valence-corrected chi connectivity index (χ4v) is 8.69. The number of rotatable bonds is 2. The number of hydrogen-bond acceptors (Lipinski definition) is 2. The van der Waals surface area contributed by atoms with Crippen LogP contribution in [0.2, 0.25) is 14.8 Å². The second-order valence-electron chi connectivity index (χ2n) is 4.82. The Morgan fingerprint density at radius 3 is 1.93 bits per heavy atom. The van der Waals surface area contributed by atoms with E-state index in [1.165, 1.54) is 14.6 Å². The summed E-state index contributed by atoms with van der Waals surface area (Å²) in [6.07, 6.45) is 0. The third kappa shape index (κ3) is 2.66. The molecule has 0 bridgehead atoms. The summed E-state index contributed by atoms with van der Waals surface area (Å²) in [5, 5.41) is 0. The molecule has 0 aromatic carbocycles. The van der Waals surface area contributed by atoms with Crippen molar-refractivity contribution in [2.24, 2.45) is 0 Å². The van der Waals surface area contributed by atoms with Crippen molar-refractivity contribution < 1.29 is 0 Å². The van der Waals surface area contributed by atoms with Gasteiger partial charge in [0.05, 0.1) is 0 Å². The van der Waals surface area contributed by atoms with Crippen LogP contribution in [0.15, 0.2) is 24.3 Å².